The number of benzene rings is 2. The van der Waals surface area contributed by atoms with Crippen LogP contribution in [0, 0.1) is 10.8 Å². The Kier molecular flexibility index (Phi) is 5.33. The van der Waals surface area contributed by atoms with Crippen LogP contribution in [0.1, 0.15) is 70.6 Å². The fourth-order valence-electron chi connectivity index (χ4n) is 4.97. The molecule has 1 heteroatoms. The van der Waals surface area contributed by atoms with E-state index in [0.29, 0.717) is 16.6 Å². The molecule has 1 aliphatic carbocycles. The molecule has 3 rings (SSSR count). The van der Waals surface area contributed by atoms with Gasteiger partial charge in [0, 0.05) is 0 Å². The highest BCUT2D eigenvalue weighted by Gasteiger charge is 2.37. The Morgan fingerprint density at radius 2 is 1.30 bits per heavy atom. The number of aromatic hydroxyl groups is 1. The van der Waals surface area contributed by atoms with E-state index in [2.05, 4.69) is 64.1 Å². The van der Waals surface area contributed by atoms with Crippen molar-refractivity contribution < 1.29 is 5.11 Å². The molecule has 1 N–H and O–H groups in total. The fourth-order valence-corrected chi connectivity index (χ4v) is 4.97. The maximum atomic E-state index is 9.76. The number of hydrogen-bond donors (Lipinski definition) is 1. The third-order valence-electron chi connectivity index (χ3n) is 5.41. The van der Waals surface area contributed by atoms with E-state index < -0.39 is 0 Å². The number of phenolic OH excluding ortho intramolecular Hbond substituents is 1. The first kappa shape index (κ1) is 19.5. The normalized spacial score (nSPS) is 18.6. The van der Waals surface area contributed by atoms with Crippen molar-refractivity contribution in [2.24, 2.45) is 10.8 Å². The molecule has 0 saturated heterocycles. The molecule has 27 heavy (non-hydrogen) atoms. The molecule has 0 amide bonds. The molecule has 1 fully saturated rings. The van der Waals surface area contributed by atoms with Crippen molar-refractivity contribution in [3.63, 3.8) is 0 Å². The Bertz CT molecular complexity index is 828. The summed E-state index contributed by atoms with van der Waals surface area (Å²) < 4.78 is 0. The summed E-state index contributed by atoms with van der Waals surface area (Å²) in [5.74, 6) is 0.316. The van der Waals surface area contributed by atoms with Crippen LogP contribution in [0.25, 0.3) is 11.6 Å². The summed E-state index contributed by atoms with van der Waals surface area (Å²) in [4.78, 5) is 0. The lowest BCUT2D eigenvalue weighted by molar-refractivity contribution is 0.154. The molecule has 0 spiro atoms. The van der Waals surface area contributed by atoms with E-state index in [4.69, 9.17) is 0 Å². The zero-order valence-corrected chi connectivity index (χ0v) is 17.3. The van der Waals surface area contributed by atoms with Gasteiger partial charge in [-0.25, -0.2) is 0 Å². The molecule has 0 heterocycles. The first-order valence-corrected chi connectivity index (χ1v) is 9.94. The van der Waals surface area contributed by atoms with Crippen LogP contribution >= 0.6 is 0 Å². The van der Waals surface area contributed by atoms with E-state index in [9.17, 15) is 5.11 Å². The molecule has 142 valence electrons. The lowest BCUT2D eigenvalue weighted by Crippen LogP contribution is -2.30. The van der Waals surface area contributed by atoms with Crippen molar-refractivity contribution in [2.45, 2.75) is 53.9 Å². The van der Waals surface area contributed by atoms with Gasteiger partial charge in [0.05, 0.1) is 0 Å². The average Bonchev–Trinajstić information content (AvgIpc) is 2.56. The van der Waals surface area contributed by atoms with Crippen LogP contribution in [0.4, 0.5) is 0 Å². The first-order chi connectivity index (χ1) is 12.7. The number of rotatable bonds is 3. The predicted octanol–water partition coefficient (Wildman–Crippen LogP) is 7.46. The molecule has 1 aliphatic rings. The summed E-state index contributed by atoms with van der Waals surface area (Å²) in [6, 6.07) is 16.5. The predicted molar refractivity (Wildman–Crippen MR) is 117 cm³/mol. The summed E-state index contributed by atoms with van der Waals surface area (Å²) >= 11 is 0. The van der Waals surface area contributed by atoms with E-state index in [1.54, 1.807) is 12.1 Å². The minimum Gasteiger partial charge on any atom is -0.508 e. The van der Waals surface area contributed by atoms with Crippen molar-refractivity contribution in [1.82, 2.24) is 0 Å². The average molecular weight is 361 g/mol. The highest BCUT2D eigenvalue weighted by Crippen LogP contribution is 2.50. The second-order valence-corrected chi connectivity index (χ2v) is 9.51. The lowest BCUT2D eigenvalue weighted by Gasteiger charge is -2.43. The van der Waals surface area contributed by atoms with Crippen LogP contribution < -0.4 is 0 Å². The fraction of sp³-hybridized carbons (Fsp3) is 0.385. The summed E-state index contributed by atoms with van der Waals surface area (Å²) in [6.45, 7) is 11.6. The minimum atomic E-state index is 0.296. The van der Waals surface area contributed by atoms with Crippen molar-refractivity contribution in [3.05, 3.63) is 76.9 Å². The van der Waals surface area contributed by atoms with Gasteiger partial charge in [0.2, 0.25) is 0 Å². The van der Waals surface area contributed by atoms with Gasteiger partial charge >= 0.3 is 0 Å². The molecule has 1 saturated carbocycles. The summed E-state index contributed by atoms with van der Waals surface area (Å²) in [6.07, 6.45) is 7.67. The molecule has 2 aromatic rings. The van der Waals surface area contributed by atoms with Crippen LogP contribution in [0.5, 0.6) is 5.75 Å². The molecular formula is C26H32O. The van der Waals surface area contributed by atoms with Crippen molar-refractivity contribution in [1.29, 1.82) is 0 Å². The van der Waals surface area contributed by atoms with Gasteiger partial charge in [-0.2, -0.15) is 0 Å². The van der Waals surface area contributed by atoms with Gasteiger partial charge in [-0.1, -0.05) is 81.8 Å². The van der Waals surface area contributed by atoms with Crippen LogP contribution in [0.3, 0.4) is 0 Å². The highest BCUT2D eigenvalue weighted by atomic mass is 16.3. The second kappa shape index (κ2) is 7.38. The summed E-state index contributed by atoms with van der Waals surface area (Å²) in [7, 11) is 0. The standard InChI is InChI=1S/C26H32O/c1-6-7-19-8-10-20(11-9-19)24(21-12-14-23(27)15-13-21)22-16-25(2,3)18-26(4,5)17-22/h6-15,27H,16-18H2,1-5H3. The largest absolute Gasteiger partial charge is 0.508 e. The van der Waals surface area contributed by atoms with Gasteiger partial charge in [0.25, 0.3) is 0 Å². The zero-order valence-electron chi connectivity index (χ0n) is 17.3. The molecular weight excluding hydrogens is 328 g/mol. The molecule has 0 atom stereocenters. The molecule has 0 bridgehead atoms. The topological polar surface area (TPSA) is 20.2 Å². The lowest BCUT2D eigenvalue weighted by atomic mass is 9.62. The van der Waals surface area contributed by atoms with Crippen LogP contribution in [-0.2, 0) is 0 Å². The van der Waals surface area contributed by atoms with Gasteiger partial charge in [-0.3, -0.25) is 0 Å². The second-order valence-electron chi connectivity index (χ2n) is 9.51. The van der Waals surface area contributed by atoms with Gasteiger partial charge in [0.15, 0.2) is 0 Å². The number of phenols is 1. The van der Waals surface area contributed by atoms with Crippen molar-refractivity contribution in [2.75, 3.05) is 0 Å². The van der Waals surface area contributed by atoms with E-state index >= 15 is 0 Å². The van der Waals surface area contributed by atoms with E-state index in [-0.39, 0.29) is 0 Å². The Morgan fingerprint density at radius 1 is 0.815 bits per heavy atom. The maximum absolute atomic E-state index is 9.76. The Balaban J connectivity index is 2.16. The maximum Gasteiger partial charge on any atom is 0.115 e. The molecule has 0 radical (unpaired) electrons. The summed E-state index contributed by atoms with van der Waals surface area (Å²) in [5, 5.41) is 9.76. The Morgan fingerprint density at radius 3 is 1.78 bits per heavy atom. The van der Waals surface area contributed by atoms with Crippen molar-refractivity contribution >= 4 is 11.6 Å². The van der Waals surface area contributed by atoms with E-state index in [0.717, 1.165) is 12.8 Å². The molecule has 1 nitrogen and oxygen atoms in total. The van der Waals surface area contributed by atoms with Gasteiger partial charge in [-0.15, -0.1) is 0 Å². The summed E-state index contributed by atoms with van der Waals surface area (Å²) in [5.41, 5.74) is 7.13. The van der Waals surface area contributed by atoms with Gasteiger partial charge in [-0.05, 0) is 71.4 Å². The molecule has 0 unspecified atom stereocenters. The van der Waals surface area contributed by atoms with Crippen LogP contribution in [-0.4, -0.2) is 5.11 Å². The molecule has 2 aromatic carbocycles. The SMILES string of the molecule is CC=Cc1ccc(C(=C2CC(C)(C)CC(C)(C)C2)c2ccc(O)cc2)cc1. The molecule has 0 aromatic heterocycles. The van der Waals surface area contributed by atoms with Crippen LogP contribution in [0.2, 0.25) is 0 Å². The van der Waals surface area contributed by atoms with E-state index in [1.807, 2.05) is 19.1 Å². The first-order valence-electron chi connectivity index (χ1n) is 9.94. The third-order valence-corrected chi connectivity index (χ3v) is 5.41. The quantitative estimate of drug-likeness (QED) is 0.602. The van der Waals surface area contributed by atoms with E-state index in [1.165, 1.54) is 34.3 Å². The monoisotopic (exact) mass is 360 g/mol. The smallest absolute Gasteiger partial charge is 0.115 e. The third kappa shape index (κ3) is 4.71. The van der Waals surface area contributed by atoms with Gasteiger partial charge in [0.1, 0.15) is 5.75 Å². The van der Waals surface area contributed by atoms with Crippen LogP contribution in [0.15, 0.2) is 60.2 Å². The number of hydrogen-bond acceptors (Lipinski definition) is 1. The molecule has 0 aliphatic heterocycles. The minimum absolute atomic E-state index is 0.296. The number of allylic oxidation sites excluding steroid dienone is 2. The van der Waals surface area contributed by atoms with Crippen molar-refractivity contribution in [3.8, 4) is 5.75 Å². The van der Waals surface area contributed by atoms with Gasteiger partial charge < -0.3 is 5.11 Å². The Labute approximate surface area is 164 Å². The highest BCUT2D eigenvalue weighted by molar-refractivity contribution is 5.83. The Hall–Kier alpha value is -2.28. The zero-order chi connectivity index (χ0) is 19.7.